The Morgan fingerprint density at radius 1 is 1.26 bits per heavy atom. The van der Waals surface area contributed by atoms with Gasteiger partial charge in [-0.1, -0.05) is 29.8 Å². The summed E-state index contributed by atoms with van der Waals surface area (Å²) in [5.41, 5.74) is 7.10. The third-order valence-corrected chi connectivity index (χ3v) is 5.79. The molecule has 0 radical (unpaired) electrons. The molecule has 0 aliphatic heterocycles. The lowest BCUT2D eigenvalue weighted by Gasteiger charge is -2.14. The normalized spacial score (nSPS) is 11.8. The topological polar surface area (TPSA) is 97.0 Å². The fraction of sp³-hybridized carbons (Fsp3) is 0.235. The summed E-state index contributed by atoms with van der Waals surface area (Å²) in [5.74, 6) is 0.693. The summed E-state index contributed by atoms with van der Waals surface area (Å²) < 4.78 is 31.0. The predicted octanol–water partition coefficient (Wildman–Crippen LogP) is 3.14. The number of sulfonamides is 1. The molecular formula is C17H22ClIN4O3S. The zero-order valence-electron chi connectivity index (χ0n) is 15.1. The second-order valence-corrected chi connectivity index (χ2v) is 8.10. The number of anilines is 1. The van der Waals surface area contributed by atoms with Crippen molar-refractivity contribution in [1.29, 1.82) is 0 Å². The molecule has 0 unspecified atom stereocenters. The summed E-state index contributed by atoms with van der Waals surface area (Å²) in [6.45, 7) is 0.117. The maximum atomic E-state index is 12.4. The van der Waals surface area contributed by atoms with Crippen LogP contribution < -0.4 is 15.8 Å². The Morgan fingerprint density at radius 3 is 2.52 bits per heavy atom. The Kier molecular flexibility index (Phi) is 8.79. The number of hydrogen-bond acceptors (Lipinski definition) is 4. The second kappa shape index (κ2) is 10.1. The molecule has 0 aliphatic carbocycles. The number of rotatable bonds is 6. The highest BCUT2D eigenvalue weighted by molar-refractivity contribution is 14.0. The Balaban J connectivity index is 0.00000364. The van der Waals surface area contributed by atoms with E-state index in [4.69, 9.17) is 22.1 Å². The molecule has 10 heteroatoms. The van der Waals surface area contributed by atoms with Gasteiger partial charge in [0.1, 0.15) is 5.75 Å². The Bertz CT molecular complexity index is 920. The Hall–Kier alpha value is -1.56. The Morgan fingerprint density at radius 2 is 1.93 bits per heavy atom. The van der Waals surface area contributed by atoms with E-state index < -0.39 is 10.0 Å². The van der Waals surface area contributed by atoms with Gasteiger partial charge in [0.2, 0.25) is 10.0 Å². The molecule has 2 rings (SSSR count). The van der Waals surface area contributed by atoms with Gasteiger partial charge in [0, 0.05) is 19.8 Å². The van der Waals surface area contributed by atoms with Crippen LogP contribution >= 0.6 is 35.6 Å². The number of benzene rings is 2. The standard InChI is InChI=1S/C17H21ClN4O3S.HI/c1-22(2)26(23,24)16-7-5-4-6-12(16)11-20-17(19)21-13-8-9-15(25-3)14(18)10-13;/h4-10H,11H2,1-3H3,(H3,19,20,21);1H. The molecule has 0 saturated heterocycles. The maximum Gasteiger partial charge on any atom is 0.242 e. The van der Waals surface area contributed by atoms with Crippen molar-refractivity contribution in [3.8, 4) is 5.75 Å². The molecule has 2 aromatic carbocycles. The molecule has 0 fully saturated rings. The molecule has 7 nitrogen and oxygen atoms in total. The van der Waals surface area contributed by atoms with Gasteiger partial charge in [-0.2, -0.15) is 0 Å². The minimum atomic E-state index is -3.56. The van der Waals surface area contributed by atoms with Gasteiger partial charge < -0.3 is 15.8 Å². The van der Waals surface area contributed by atoms with Crippen LogP contribution in [0.1, 0.15) is 5.56 Å². The van der Waals surface area contributed by atoms with Gasteiger partial charge >= 0.3 is 0 Å². The number of nitrogens with one attached hydrogen (secondary N) is 1. The van der Waals surface area contributed by atoms with Crippen LogP contribution in [0.15, 0.2) is 52.4 Å². The van der Waals surface area contributed by atoms with Crippen molar-refractivity contribution in [3.05, 3.63) is 53.1 Å². The van der Waals surface area contributed by atoms with Crippen LogP contribution in [0, 0.1) is 0 Å². The molecule has 0 heterocycles. The summed E-state index contributed by atoms with van der Waals surface area (Å²) >= 11 is 6.07. The summed E-state index contributed by atoms with van der Waals surface area (Å²) in [6.07, 6.45) is 0. The van der Waals surface area contributed by atoms with Crippen LogP contribution in [0.25, 0.3) is 0 Å². The molecule has 0 aliphatic rings. The van der Waals surface area contributed by atoms with Crippen molar-refractivity contribution in [2.45, 2.75) is 11.4 Å². The summed E-state index contributed by atoms with van der Waals surface area (Å²) in [6, 6.07) is 11.8. The van der Waals surface area contributed by atoms with Gasteiger partial charge in [-0.05, 0) is 29.8 Å². The van der Waals surface area contributed by atoms with Crippen molar-refractivity contribution in [1.82, 2.24) is 4.31 Å². The fourth-order valence-corrected chi connectivity index (χ4v) is 3.55. The number of methoxy groups -OCH3 is 1. The van der Waals surface area contributed by atoms with Crippen molar-refractivity contribution in [2.24, 2.45) is 10.7 Å². The van der Waals surface area contributed by atoms with Crippen molar-refractivity contribution in [2.75, 3.05) is 26.5 Å². The highest BCUT2D eigenvalue weighted by atomic mass is 127. The molecule has 0 atom stereocenters. The molecule has 27 heavy (non-hydrogen) atoms. The van der Waals surface area contributed by atoms with Gasteiger partial charge in [0.15, 0.2) is 5.96 Å². The SMILES string of the molecule is COc1ccc(NC(N)=NCc2ccccc2S(=O)(=O)N(C)C)cc1Cl.I. The minimum Gasteiger partial charge on any atom is -0.495 e. The monoisotopic (exact) mass is 524 g/mol. The van der Waals surface area contributed by atoms with Gasteiger partial charge in [-0.3, -0.25) is 0 Å². The van der Waals surface area contributed by atoms with Crippen LogP contribution in [-0.4, -0.2) is 39.9 Å². The molecule has 2 aromatic rings. The lowest BCUT2D eigenvalue weighted by Crippen LogP contribution is -2.24. The van der Waals surface area contributed by atoms with E-state index in [0.29, 0.717) is 22.0 Å². The number of aliphatic imine (C=N–C) groups is 1. The lowest BCUT2D eigenvalue weighted by atomic mass is 10.2. The first kappa shape index (κ1) is 23.5. The molecular weight excluding hydrogens is 503 g/mol. The highest BCUT2D eigenvalue weighted by Crippen LogP contribution is 2.27. The van der Waals surface area contributed by atoms with Crippen LogP contribution in [0.2, 0.25) is 5.02 Å². The quantitative estimate of drug-likeness (QED) is 0.344. The first-order chi connectivity index (χ1) is 12.3. The van der Waals surface area contributed by atoms with Crippen molar-refractivity contribution < 1.29 is 13.2 Å². The number of hydrogen-bond donors (Lipinski definition) is 2. The predicted molar refractivity (Wildman–Crippen MR) is 120 cm³/mol. The van der Waals surface area contributed by atoms with Crippen molar-refractivity contribution >= 4 is 57.2 Å². The number of halogens is 2. The number of nitrogens with two attached hydrogens (primary N) is 1. The second-order valence-electron chi connectivity index (χ2n) is 5.57. The molecule has 0 amide bonds. The third kappa shape index (κ3) is 5.96. The van der Waals surface area contributed by atoms with Crippen molar-refractivity contribution in [3.63, 3.8) is 0 Å². The first-order valence-electron chi connectivity index (χ1n) is 7.66. The average molecular weight is 525 g/mol. The first-order valence-corrected chi connectivity index (χ1v) is 9.48. The number of nitrogens with zero attached hydrogens (tertiary/aromatic N) is 2. The van der Waals surface area contributed by atoms with Gasteiger partial charge in [-0.25, -0.2) is 17.7 Å². The molecule has 148 valence electrons. The molecule has 0 spiro atoms. The van der Waals surface area contributed by atoms with Gasteiger partial charge in [0.25, 0.3) is 0 Å². The zero-order valence-corrected chi connectivity index (χ0v) is 19.0. The highest BCUT2D eigenvalue weighted by Gasteiger charge is 2.20. The summed E-state index contributed by atoms with van der Waals surface area (Å²) in [5, 5.41) is 3.35. The van der Waals surface area contributed by atoms with Gasteiger partial charge in [0.05, 0.1) is 23.6 Å². The van der Waals surface area contributed by atoms with E-state index >= 15 is 0 Å². The van der Waals surface area contributed by atoms with Crippen LogP contribution in [0.3, 0.4) is 0 Å². The third-order valence-electron chi connectivity index (χ3n) is 3.58. The molecule has 0 saturated carbocycles. The minimum absolute atomic E-state index is 0. The van der Waals surface area contributed by atoms with E-state index in [0.717, 1.165) is 4.31 Å². The van der Waals surface area contributed by atoms with Crippen LogP contribution in [0.4, 0.5) is 5.69 Å². The van der Waals surface area contributed by atoms with Gasteiger partial charge in [-0.15, -0.1) is 24.0 Å². The van der Waals surface area contributed by atoms with E-state index in [2.05, 4.69) is 10.3 Å². The fourth-order valence-electron chi connectivity index (χ4n) is 2.18. The maximum absolute atomic E-state index is 12.4. The lowest BCUT2D eigenvalue weighted by molar-refractivity contribution is 0.415. The summed E-state index contributed by atoms with van der Waals surface area (Å²) in [7, 11) is 0.945. The summed E-state index contributed by atoms with van der Waals surface area (Å²) in [4.78, 5) is 4.42. The van der Waals surface area contributed by atoms with Crippen LogP contribution in [0.5, 0.6) is 5.75 Å². The van der Waals surface area contributed by atoms with E-state index in [9.17, 15) is 8.42 Å². The number of guanidine groups is 1. The largest absolute Gasteiger partial charge is 0.495 e. The van der Waals surface area contributed by atoms with E-state index in [1.807, 2.05) is 0 Å². The molecule has 0 bridgehead atoms. The van der Waals surface area contributed by atoms with E-state index in [1.54, 1.807) is 42.5 Å². The number of ether oxygens (including phenoxy) is 1. The zero-order chi connectivity index (χ0) is 19.3. The smallest absolute Gasteiger partial charge is 0.242 e. The molecule has 0 aromatic heterocycles. The Labute approximate surface area is 181 Å². The van der Waals surface area contributed by atoms with E-state index in [-0.39, 0.29) is 41.4 Å². The van der Waals surface area contributed by atoms with E-state index in [1.165, 1.54) is 21.2 Å². The van der Waals surface area contributed by atoms with Crippen LogP contribution in [-0.2, 0) is 16.6 Å². The average Bonchev–Trinajstić information content (AvgIpc) is 2.60. The molecule has 3 N–H and O–H groups in total.